The van der Waals surface area contributed by atoms with E-state index in [-0.39, 0.29) is 48.9 Å². The number of nitrogens with zero attached hydrogens (tertiary/aromatic N) is 2. The van der Waals surface area contributed by atoms with Crippen LogP contribution < -0.4 is 4.74 Å². The Morgan fingerprint density at radius 3 is 2.22 bits per heavy atom. The normalized spacial score (nSPS) is 22.5. The second-order valence-electron chi connectivity index (χ2n) is 9.54. The number of alkyl halides is 3. The zero-order valence-corrected chi connectivity index (χ0v) is 21.1. The highest BCUT2D eigenvalue weighted by Gasteiger charge is 2.42. The molecule has 3 atom stereocenters. The van der Waals surface area contributed by atoms with Crippen molar-refractivity contribution in [1.82, 2.24) is 9.21 Å². The Morgan fingerprint density at radius 1 is 1.03 bits per heavy atom. The molecule has 2 aromatic rings. The van der Waals surface area contributed by atoms with Crippen molar-refractivity contribution in [3.05, 3.63) is 59.2 Å². The summed E-state index contributed by atoms with van der Waals surface area (Å²) < 4.78 is 69.7. The van der Waals surface area contributed by atoms with Crippen molar-refractivity contribution in [3.8, 4) is 5.75 Å². The standard InChI is InChI=1S/C25H27F3N2O6S/c1-15-13-29(23(31)10-17-6-8-20(9-7-17)36-25(26,27)28)14-16(2)30(15)37(34,35)22-5-3-4-18-11-19(24(32)33)12-21(18)22/h3-9,15-16,19H,10-14H2,1-2H3,(H,32,33)/t15-,16+,19?. The van der Waals surface area contributed by atoms with Gasteiger partial charge < -0.3 is 14.7 Å². The van der Waals surface area contributed by atoms with E-state index in [9.17, 15) is 36.3 Å². The molecule has 0 spiro atoms. The first-order valence-corrected chi connectivity index (χ1v) is 13.2. The molecule has 2 aliphatic rings. The number of fused-ring (bicyclic) bond motifs is 1. The zero-order chi connectivity index (χ0) is 27.1. The number of halogens is 3. The van der Waals surface area contributed by atoms with E-state index in [1.807, 2.05) is 0 Å². The molecule has 0 saturated carbocycles. The average molecular weight is 541 g/mol. The van der Waals surface area contributed by atoms with Gasteiger partial charge in [0.05, 0.1) is 17.2 Å². The van der Waals surface area contributed by atoms with E-state index in [0.717, 1.165) is 12.1 Å². The van der Waals surface area contributed by atoms with Crippen molar-refractivity contribution in [2.45, 2.75) is 56.5 Å². The number of sulfonamides is 1. The molecule has 0 radical (unpaired) electrons. The molecule has 1 aliphatic heterocycles. The van der Waals surface area contributed by atoms with Gasteiger partial charge in [-0.05, 0) is 61.6 Å². The van der Waals surface area contributed by atoms with Crippen LogP contribution in [0.2, 0.25) is 0 Å². The molecule has 8 nitrogen and oxygen atoms in total. The number of piperazine rings is 1. The first-order chi connectivity index (χ1) is 17.3. The number of rotatable bonds is 6. The maximum atomic E-state index is 13.7. The second-order valence-corrected chi connectivity index (χ2v) is 11.3. The first-order valence-electron chi connectivity index (χ1n) is 11.8. The molecule has 1 heterocycles. The summed E-state index contributed by atoms with van der Waals surface area (Å²) in [7, 11) is -3.97. The molecule has 1 saturated heterocycles. The lowest BCUT2D eigenvalue weighted by atomic mass is 10.1. The third kappa shape index (κ3) is 5.74. The summed E-state index contributed by atoms with van der Waals surface area (Å²) in [6.07, 6.45) is -4.43. The van der Waals surface area contributed by atoms with Gasteiger partial charge in [0, 0.05) is 25.2 Å². The number of amides is 1. The van der Waals surface area contributed by atoms with Crippen LogP contribution in [-0.4, -0.2) is 66.1 Å². The van der Waals surface area contributed by atoms with Gasteiger partial charge in [0.25, 0.3) is 0 Å². The first kappa shape index (κ1) is 26.9. The largest absolute Gasteiger partial charge is 0.573 e. The molecule has 1 aliphatic carbocycles. The van der Waals surface area contributed by atoms with Gasteiger partial charge in [-0.15, -0.1) is 13.2 Å². The molecule has 0 aromatic heterocycles. The number of benzene rings is 2. The summed E-state index contributed by atoms with van der Waals surface area (Å²) in [5.74, 6) is -2.28. The van der Waals surface area contributed by atoms with Crippen molar-refractivity contribution in [3.63, 3.8) is 0 Å². The minimum Gasteiger partial charge on any atom is -0.481 e. The van der Waals surface area contributed by atoms with E-state index in [4.69, 9.17) is 0 Å². The molecular formula is C25H27F3N2O6S. The molecule has 2 aromatic carbocycles. The smallest absolute Gasteiger partial charge is 0.481 e. The van der Waals surface area contributed by atoms with Crippen LogP contribution in [0.3, 0.4) is 0 Å². The summed E-state index contributed by atoms with van der Waals surface area (Å²) in [5.41, 5.74) is 1.75. The van der Waals surface area contributed by atoms with Crippen LogP contribution in [0.15, 0.2) is 47.4 Å². The number of carboxylic acids is 1. The maximum Gasteiger partial charge on any atom is 0.573 e. The molecule has 1 unspecified atom stereocenters. The minimum atomic E-state index is -4.80. The highest BCUT2D eigenvalue weighted by molar-refractivity contribution is 7.89. The Kier molecular flexibility index (Phi) is 7.26. The van der Waals surface area contributed by atoms with Crippen molar-refractivity contribution < 1.29 is 41.0 Å². The van der Waals surface area contributed by atoms with E-state index in [1.54, 1.807) is 30.9 Å². The number of ether oxygens (including phenoxy) is 1. The second kappa shape index (κ2) is 9.97. The SMILES string of the molecule is C[C@@H]1CN(C(=O)Cc2ccc(OC(F)(F)F)cc2)C[C@H](C)N1S(=O)(=O)c1cccc2c1CC(C(=O)O)C2. The predicted molar refractivity (Wildman–Crippen MR) is 126 cm³/mol. The Bertz CT molecular complexity index is 1280. The fourth-order valence-electron chi connectivity index (χ4n) is 5.23. The summed E-state index contributed by atoms with van der Waals surface area (Å²) in [6.45, 7) is 3.70. The van der Waals surface area contributed by atoms with Crippen molar-refractivity contribution in [1.29, 1.82) is 0 Å². The van der Waals surface area contributed by atoms with E-state index < -0.39 is 40.4 Å². The van der Waals surface area contributed by atoms with Gasteiger partial charge in [0.15, 0.2) is 0 Å². The highest BCUT2D eigenvalue weighted by Crippen LogP contribution is 2.35. The summed E-state index contributed by atoms with van der Waals surface area (Å²) in [4.78, 5) is 26.1. The quantitative estimate of drug-likeness (QED) is 0.604. The Labute approximate surface area is 212 Å². The molecule has 0 bridgehead atoms. The van der Waals surface area contributed by atoms with Gasteiger partial charge in [-0.2, -0.15) is 4.31 Å². The van der Waals surface area contributed by atoms with Gasteiger partial charge in [-0.3, -0.25) is 9.59 Å². The van der Waals surface area contributed by atoms with E-state index in [0.29, 0.717) is 16.7 Å². The Morgan fingerprint density at radius 2 is 1.65 bits per heavy atom. The topological polar surface area (TPSA) is 104 Å². The van der Waals surface area contributed by atoms with Crippen LogP contribution in [-0.2, 0) is 38.9 Å². The summed E-state index contributed by atoms with van der Waals surface area (Å²) >= 11 is 0. The molecule has 1 amide bonds. The van der Waals surface area contributed by atoms with E-state index in [2.05, 4.69) is 4.74 Å². The van der Waals surface area contributed by atoms with Crippen molar-refractivity contribution in [2.24, 2.45) is 5.92 Å². The maximum absolute atomic E-state index is 13.7. The lowest BCUT2D eigenvalue weighted by Crippen LogP contribution is -2.59. The number of carbonyl (C=O) groups excluding carboxylic acids is 1. The number of hydrogen-bond donors (Lipinski definition) is 1. The van der Waals surface area contributed by atoms with Crippen molar-refractivity contribution in [2.75, 3.05) is 13.1 Å². The van der Waals surface area contributed by atoms with Gasteiger partial charge in [-0.25, -0.2) is 8.42 Å². The lowest BCUT2D eigenvalue weighted by Gasteiger charge is -2.43. The van der Waals surface area contributed by atoms with Crippen LogP contribution >= 0.6 is 0 Å². The Balaban J connectivity index is 1.46. The third-order valence-corrected chi connectivity index (χ3v) is 8.97. The monoisotopic (exact) mass is 540 g/mol. The van der Waals surface area contributed by atoms with Crippen LogP contribution in [0.4, 0.5) is 13.2 Å². The van der Waals surface area contributed by atoms with Gasteiger partial charge in [0.2, 0.25) is 15.9 Å². The Hall–Kier alpha value is -3.12. The fourth-order valence-corrected chi connectivity index (χ4v) is 7.31. The molecular weight excluding hydrogens is 513 g/mol. The van der Waals surface area contributed by atoms with Crippen LogP contribution in [0.1, 0.15) is 30.5 Å². The van der Waals surface area contributed by atoms with Crippen LogP contribution in [0, 0.1) is 5.92 Å². The number of carbonyl (C=O) groups is 2. The molecule has 1 fully saturated rings. The van der Waals surface area contributed by atoms with Crippen LogP contribution in [0.5, 0.6) is 5.75 Å². The van der Waals surface area contributed by atoms with Crippen molar-refractivity contribution >= 4 is 21.9 Å². The molecule has 12 heteroatoms. The molecule has 1 N–H and O–H groups in total. The molecule has 37 heavy (non-hydrogen) atoms. The van der Waals surface area contributed by atoms with Gasteiger partial charge in [0.1, 0.15) is 5.75 Å². The average Bonchev–Trinajstić information content (AvgIpc) is 3.23. The highest BCUT2D eigenvalue weighted by atomic mass is 32.2. The number of hydrogen-bond acceptors (Lipinski definition) is 5. The van der Waals surface area contributed by atoms with E-state index in [1.165, 1.54) is 22.5 Å². The summed E-state index contributed by atoms with van der Waals surface area (Å²) in [6, 6.07) is 8.82. The fraction of sp³-hybridized carbons (Fsp3) is 0.440. The third-order valence-electron chi connectivity index (χ3n) is 6.75. The van der Waals surface area contributed by atoms with E-state index >= 15 is 0 Å². The molecule has 4 rings (SSSR count). The zero-order valence-electron chi connectivity index (χ0n) is 20.2. The summed E-state index contributed by atoms with van der Waals surface area (Å²) in [5, 5.41) is 9.41. The predicted octanol–water partition coefficient (Wildman–Crippen LogP) is 3.24. The minimum absolute atomic E-state index is 0.0543. The number of aliphatic carboxylic acids is 1. The van der Waals surface area contributed by atoms with Crippen LogP contribution in [0.25, 0.3) is 0 Å². The number of carboxylic acid groups (broad SMARTS) is 1. The lowest BCUT2D eigenvalue weighted by molar-refractivity contribution is -0.274. The molecule has 200 valence electrons. The van der Waals surface area contributed by atoms with Gasteiger partial charge >= 0.3 is 12.3 Å². The van der Waals surface area contributed by atoms with Gasteiger partial charge in [-0.1, -0.05) is 24.3 Å².